The van der Waals surface area contributed by atoms with Crippen LogP contribution in [0.4, 0.5) is 0 Å². The SMILES string of the molecule is CCOC(=O)COc1ccc(SC)cc1C(=O)OCC. The van der Waals surface area contributed by atoms with Gasteiger partial charge in [0.05, 0.1) is 13.2 Å². The van der Waals surface area contributed by atoms with Gasteiger partial charge in [-0.3, -0.25) is 0 Å². The first-order chi connectivity index (χ1) is 9.62. The molecule has 1 aromatic carbocycles. The molecule has 0 fully saturated rings. The van der Waals surface area contributed by atoms with Gasteiger partial charge in [-0.25, -0.2) is 9.59 Å². The van der Waals surface area contributed by atoms with E-state index in [1.807, 2.05) is 12.3 Å². The number of ether oxygens (including phenoxy) is 3. The first-order valence-electron chi connectivity index (χ1n) is 6.25. The second-order valence-electron chi connectivity index (χ2n) is 3.68. The Balaban J connectivity index is 2.88. The van der Waals surface area contributed by atoms with Crippen LogP contribution in [0.2, 0.25) is 0 Å². The highest BCUT2D eigenvalue weighted by Crippen LogP contribution is 2.25. The van der Waals surface area contributed by atoms with Gasteiger partial charge in [0.15, 0.2) is 6.61 Å². The molecule has 0 bridgehead atoms. The van der Waals surface area contributed by atoms with Crippen LogP contribution in [0.1, 0.15) is 24.2 Å². The quantitative estimate of drug-likeness (QED) is 0.569. The largest absolute Gasteiger partial charge is 0.481 e. The van der Waals surface area contributed by atoms with Crippen molar-refractivity contribution in [1.82, 2.24) is 0 Å². The summed E-state index contributed by atoms with van der Waals surface area (Å²) in [6.45, 7) is 3.78. The molecule has 0 atom stereocenters. The highest BCUT2D eigenvalue weighted by atomic mass is 32.2. The Labute approximate surface area is 122 Å². The van der Waals surface area contributed by atoms with E-state index >= 15 is 0 Å². The molecule has 110 valence electrons. The van der Waals surface area contributed by atoms with Crippen molar-refractivity contribution in [2.75, 3.05) is 26.1 Å². The van der Waals surface area contributed by atoms with E-state index in [1.165, 1.54) is 11.8 Å². The van der Waals surface area contributed by atoms with Gasteiger partial charge in [-0.15, -0.1) is 11.8 Å². The lowest BCUT2D eigenvalue weighted by atomic mass is 10.2. The fourth-order valence-electron chi connectivity index (χ4n) is 1.47. The van der Waals surface area contributed by atoms with Crippen LogP contribution in [0, 0.1) is 0 Å². The molecule has 20 heavy (non-hydrogen) atoms. The second kappa shape index (κ2) is 8.47. The van der Waals surface area contributed by atoms with Gasteiger partial charge in [-0.2, -0.15) is 0 Å². The van der Waals surface area contributed by atoms with Crippen LogP contribution < -0.4 is 4.74 Å². The number of benzene rings is 1. The van der Waals surface area contributed by atoms with Crippen molar-refractivity contribution in [3.8, 4) is 5.75 Å². The van der Waals surface area contributed by atoms with Gasteiger partial charge in [0.1, 0.15) is 11.3 Å². The maximum atomic E-state index is 11.9. The molecule has 6 heteroatoms. The van der Waals surface area contributed by atoms with E-state index < -0.39 is 11.9 Å². The van der Waals surface area contributed by atoms with E-state index in [2.05, 4.69) is 0 Å². The lowest BCUT2D eigenvalue weighted by Crippen LogP contribution is -2.16. The predicted octanol–water partition coefficient (Wildman–Crippen LogP) is 2.53. The molecule has 0 saturated carbocycles. The summed E-state index contributed by atoms with van der Waals surface area (Å²) in [5.74, 6) is -0.632. The highest BCUT2D eigenvalue weighted by molar-refractivity contribution is 7.98. The lowest BCUT2D eigenvalue weighted by molar-refractivity contribution is -0.145. The molecule has 0 radical (unpaired) electrons. The summed E-state index contributed by atoms with van der Waals surface area (Å²) in [4.78, 5) is 24.1. The zero-order chi connectivity index (χ0) is 15.0. The van der Waals surface area contributed by atoms with E-state index in [0.29, 0.717) is 17.9 Å². The molecular formula is C14H18O5S. The molecule has 0 unspecified atom stereocenters. The van der Waals surface area contributed by atoms with Crippen molar-refractivity contribution < 1.29 is 23.8 Å². The van der Waals surface area contributed by atoms with E-state index in [-0.39, 0.29) is 13.2 Å². The fourth-order valence-corrected chi connectivity index (χ4v) is 1.91. The number of thioether (sulfide) groups is 1. The van der Waals surface area contributed by atoms with Gasteiger partial charge in [0, 0.05) is 4.90 Å². The minimum atomic E-state index is -0.476. The molecular weight excluding hydrogens is 280 g/mol. The molecule has 0 aromatic heterocycles. The molecule has 0 N–H and O–H groups in total. The third-order valence-electron chi connectivity index (χ3n) is 2.33. The van der Waals surface area contributed by atoms with Crippen molar-refractivity contribution in [2.24, 2.45) is 0 Å². The average Bonchev–Trinajstić information content (AvgIpc) is 2.45. The van der Waals surface area contributed by atoms with Crippen LogP contribution in [-0.4, -0.2) is 38.0 Å². The summed E-state index contributed by atoms with van der Waals surface area (Å²) in [7, 11) is 0. The Bertz CT molecular complexity index is 473. The smallest absolute Gasteiger partial charge is 0.344 e. The number of carbonyl (C=O) groups is 2. The summed E-state index contributed by atoms with van der Waals surface area (Å²) >= 11 is 1.50. The second-order valence-corrected chi connectivity index (χ2v) is 4.56. The lowest BCUT2D eigenvalue weighted by Gasteiger charge is -2.11. The molecule has 5 nitrogen and oxygen atoms in total. The topological polar surface area (TPSA) is 61.8 Å². The van der Waals surface area contributed by atoms with Crippen molar-refractivity contribution in [3.05, 3.63) is 23.8 Å². The molecule has 0 amide bonds. The average molecular weight is 298 g/mol. The van der Waals surface area contributed by atoms with Crippen LogP contribution in [0.25, 0.3) is 0 Å². The standard InChI is InChI=1S/C14H18O5S/c1-4-17-13(15)9-19-12-7-6-10(20-3)8-11(12)14(16)18-5-2/h6-8H,4-5,9H2,1-3H3. The number of esters is 2. The zero-order valence-electron chi connectivity index (χ0n) is 11.8. The fraction of sp³-hybridized carbons (Fsp3) is 0.429. The third kappa shape index (κ3) is 4.77. The summed E-state index contributed by atoms with van der Waals surface area (Å²) in [6, 6.07) is 5.15. The van der Waals surface area contributed by atoms with Crippen LogP contribution >= 0.6 is 11.8 Å². The van der Waals surface area contributed by atoms with Crippen LogP contribution in [-0.2, 0) is 14.3 Å². The molecule has 1 aromatic rings. The van der Waals surface area contributed by atoms with Crippen LogP contribution in [0.3, 0.4) is 0 Å². The van der Waals surface area contributed by atoms with E-state index in [9.17, 15) is 9.59 Å². The minimum absolute atomic E-state index is 0.237. The first-order valence-corrected chi connectivity index (χ1v) is 7.48. The number of hydrogen-bond acceptors (Lipinski definition) is 6. The van der Waals surface area contributed by atoms with Crippen molar-refractivity contribution in [1.29, 1.82) is 0 Å². The molecule has 0 aliphatic rings. The molecule has 0 saturated heterocycles. The number of hydrogen-bond donors (Lipinski definition) is 0. The van der Waals surface area contributed by atoms with Crippen LogP contribution in [0.15, 0.2) is 23.1 Å². The van der Waals surface area contributed by atoms with E-state index in [1.54, 1.807) is 26.0 Å². The molecule has 0 spiro atoms. The van der Waals surface area contributed by atoms with E-state index in [0.717, 1.165) is 4.90 Å². The molecule has 0 heterocycles. The summed E-state index contributed by atoms with van der Waals surface area (Å²) in [5.41, 5.74) is 0.308. The normalized spacial score (nSPS) is 9.95. The number of carbonyl (C=O) groups excluding carboxylic acids is 2. The number of rotatable bonds is 7. The van der Waals surface area contributed by atoms with Crippen molar-refractivity contribution in [3.63, 3.8) is 0 Å². The Morgan fingerprint density at radius 3 is 2.45 bits per heavy atom. The Hall–Kier alpha value is -1.69. The van der Waals surface area contributed by atoms with Gasteiger partial charge in [0.2, 0.25) is 0 Å². The van der Waals surface area contributed by atoms with Gasteiger partial charge >= 0.3 is 11.9 Å². The summed E-state index contributed by atoms with van der Waals surface area (Å²) in [6.07, 6.45) is 1.91. The Morgan fingerprint density at radius 2 is 1.85 bits per heavy atom. The highest BCUT2D eigenvalue weighted by Gasteiger charge is 2.16. The first kappa shape index (κ1) is 16.4. The molecule has 0 aliphatic carbocycles. The molecule has 0 aliphatic heterocycles. The van der Waals surface area contributed by atoms with E-state index in [4.69, 9.17) is 14.2 Å². The molecule has 1 rings (SSSR count). The van der Waals surface area contributed by atoms with Gasteiger partial charge in [-0.1, -0.05) is 0 Å². The van der Waals surface area contributed by atoms with Crippen molar-refractivity contribution in [2.45, 2.75) is 18.7 Å². The minimum Gasteiger partial charge on any atom is -0.481 e. The third-order valence-corrected chi connectivity index (χ3v) is 3.06. The van der Waals surface area contributed by atoms with Gasteiger partial charge in [-0.05, 0) is 38.3 Å². The van der Waals surface area contributed by atoms with Gasteiger partial charge < -0.3 is 14.2 Å². The Morgan fingerprint density at radius 1 is 1.15 bits per heavy atom. The predicted molar refractivity (Wildman–Crippen MR) is 76.3 cm³/mol. The maximum absolute atomic E-state index is 11.9. The zero-order valence-corrected chi connectivity index (χ0v) is 12.6. The van der Waals surface area contributed by atoms with Crippen LogP contribution in [0.5, 0.6) is 5.75 Å². The Kier molecular flexibility index (Phi) is 6.93. The summed E-state index contributed by atoms with van der Waals surface area (Å²) < 4.78 is 15.1. The monoisotopic (exact) mass is 298 g/mol. The summed E-state index contributed by atoms with van der Waals surface area (Å²) in [5, 5.41) is 0. The maximum Gasteiger partial charge on any atom is 0.344 e. The van der Waals surface area contributed by atoms with Gasteiger partial charge in [0.25, 0.3) is 0 Å². The van der Waals surface area contributed by atoms with Crippen molar-refractivity contribution >= 4 is 23.7 Å².